The highest BCUT2D eigenvalue weighted by Gasteiger charge is 2.64. The summed E-state index contributed by atoms with van der Waals surface area (Å²) in [5.41, 5.74) is 2.35. The molecule has 0 aliphatic carbocycles. The Kier molecular flexibility index (Phi) is 22.9. The zero-order valence-electron chi connectivity index (χ0n) is 47.6. The number of carbonyl (C=O) groups excluding carboxylic acids is 5. The molecule has 1 aromatic heterocycles. The molecule has 4 heterocycles. The molecule has 2 aromatic carbocycles. The maximum absolute atomic E-state index is 14.3. The molecule has 1 unspecified atom stereocenters. The van der Waals surface area contributed by atoms with Crippen molar-refractivity contribution in [2.75, 3.05) is 79.2 Å². The van der Waals surface area contributed by atoms with Gasteiger partial charge in [-0.2, -0.15) is 0 Å². The van der Waals surface area contributed by atoms with E-state index in [-0.39, 0.29) is 50.8 Å². The fourth-order valence-electron chi connectivity index (χ4n) is 10.1. The number of benzene rings is 2. The van der Waals surface area contributed by atoms with Crippen LogP contribution >= 0.6 is 23.8 Å². The molecule has 6 rings (SSSR count). The van der Waals surface area contributed by atoms with Gasteiger partial charge in [-0.05, 0) is 101 Å². The lowest BCUT2D eigenvalue weighted by molar-refractivity contribution is -0.162. The number of esters is 1. The number of carbonyl (C=O) groups is 5. The highest BCUT2D eigenvalue weighted by Crippen LogP contribution is 2.49. The largest absolute Gasteiger partial charge is 0.457 e. The SMILES string of the molecule is CCN(C)Cc1cc2ccccc2n1CCC(=O)CCCNC(=S)NCCOCCOCCC(=O)N(C)[C@@H](C)C(=O)O[C@H]1CC(=O)N(C)c2cc(cc(C)c2Cl)C/C(C)=C/C=C/[C@@H](OC)[C@]2(O)C[C@H](OC(=O)N2)[C@@H](C)C2O[C@]21C. The van der Waals surface area contributed by atoms with Crippen LogP contribution in [0.2, 0.25) is 5.02 Å². The van der Waals surface area contributed by atoms with E-state index in [9.17, 15) is 29.1 Å². The van der Waals surface area contributed by atoms with Gasteiger partial charge in [-0.15, -0.1) is 0 Å². The van der Waals surface area contributed by atoms with Gasteiger partial charge >= 0.3 is 12.1 Å². The Hall–Kier alpha value is -5.45. The second-order valence-electron chi connectivity index (χ2n) is 21.2. The summed E-state index contributed by atoms with van der Waals surface area (Å²) in [5.74, 6) is -1.89. The van der Waals surface area contributed by atoms with Gasteiger partial charge in [0.1, 0.15) is 35.7 Å². The van der Waals surface area contributed by atoms with Crippen LogP contribution in [-0.4, -0.2) is 170 Å². The molecule has 0 spiro atoms. The number of para-hydroxylation sites is 1. The molecule has 3 aromatic rings. The average Bonchev–Trinajstić information content (AvgIpc) is 4.22. The topological polar surface area (TPSA) is 215 Å². The van der Waals surface area contributed by atoms with Crippen molar-refractivity contribution < 1.29 is 57.5 Å². The number of aliphatic hydroxyl groups is 1. The number of nitrogens with one attached hydrogen (secondary N) is 3. The van der Waals surface area contributed by atoms with Crippen LogP contribution < -0.4 is 20.9 Å². The summed E-state index contributed by atoms with van der Waals surface area (Å²) < 4.78 is 37.5. The number of ether oxygens (including phenoxy) is 6. The summed E-state index contributed by atoms with van der Waals surface area (Å²) in [5, 5.41) is 22.7. The van der Waals surface area contributed by atoms with Crippen LogP contribution in [0.15, 0.2) is 66.3 Å². The predicted molar refractivity (Wildman–Crippen MR) is 307 cm³/mol. The second kappa shape index (κ2) is 28.8. The van der Waals surface area contributed by atoms with Gasteiger partial charge in [0.25, 0.3) is 0 Å². The molecule has 4 N–H and O–H groups in total. The van der Waals surface area contributed by atoms with Gasteiger partial charge in [0.05, 0.1) is 56.1 Å². The van der Waals surface area contributed by atoms with Crippen molar-refractivity contribution in [3.8, 4) is 0 Å². The van der Waals surface area contributed by atoms with E-state index < -0.39 is 65.7 Å². The number of nitrogens with zero attached hydrogens (tertiary/aromatic N) is 4. The number of aryl methyl sites for hydroxylation is 2. The van der Waals surface area contributed by atoms with Crippen molar-refractivity contribution >= 4 is 75.2 Å². The Labute approximate surface area is 475 Å². The van der Waals surface area contributed by atoms with Crippen molar-refractivity contribution in [1.82, 2.24) is 30.3 Å². The monoisotopic (exact) mass is 1140 g/mol. The number of epoxide rings is 1. The van der Waals surface area contributed by atoms with Crippen molar-refractivity contribution in [3.05, 3.63) is 88.1 Å². The van der Waals surface area contributed by atoms with Gasteiger partial charge in [0.15, 0.2) is 10.8 Å². The van der Waals surface area contributed by atoms with E-state index in [1.165, 1.54) is 42.0 Å². The fraction of sp³-hybridized carbons (Fsp3) is 0.586. The highest BCUT2D eigenvalue weighted by molar-refractivity contribution is 7.80. The number of fused-ring (bicyclic) bond motifs is 6. The summed E-state index contributed by atoms with van der Waals surface area (Å²) >= 11 is 12.2. The van der Waals surface area contributed by atoms with Crippen LogP contribution in [0.25, 0.3) is 10.9 Å². The minimum atomic E-state index is -1.84. The first-order valence-electron chi connectivity index (χ1n) is 27.3. The molecule has 0 radical (unpaired) electrons. The van der Waals surface area contributed by atoms with E-state index >= 15 is 0 Å². The normalized spacial score (nSPS) is 24.8. The molecule has 0 saturated carbocycles. The molecule has 4 bridgehead atoms. The number of halogens is 1. The number of Topliss-reactive ketones (excluding diaryl/α,β-unsaturated/α-hetero) is 1. The summed E-state index contributed by atoms with van der Waals surface area (Å²) in [6, 6.07) is 13.2. The first-order valence-corrected chi connectivity index (χ1v) is 28.1. The number of allylic oxidation sites excluding steroid dienone is 3. The number of methoxy groups -OCH3 is 1. The zero-order chi connectivity index (χ0) is 57.6. The number of likely N-dealkylation sites (N-methyl/N-ethyl adjacent to an activating group) is 1. The van der Waals surface area contributed by atoms with Crippen LogP contribution in [0.1, 0.15) is 90.0 Å². The van der Waals surface area contributed by atoms with Crippen molar-refractivity contribution in [2.24, 2.45) is 5.92 Å². The first-order chi connectivity index (χ1) is 37.6. The van der Waals surface area contributed by atoms with E-state index in [4.69, 9.17) is 52.2 Å². The number of ketones is 1. The van der Waals surface area contributed by atoms with Crippen LogP contribution in [0.3, 0.4) is 0 Å². The third-order valence-electron chi connectivity index (χ3n) is 15.3. The van der Waals surface area contributed by atoms with E-state index in [0.29, 0.717) is 67.7 Å². The third-order valence-corrected chi connectivity index (χ3v) is 16.1. The minimum Gasteiger partial charge on any atom is -0.457 e. The Morgan fingerprint density at radius 2 is 1.75 bits per heavy atom. The van der Waals surface area contributed by atoms with Gasteiger partial charge in [0, 0.05) is 83.8 Å². The van der Waals surface area contributed by atoms with Gasteiger partial charge in [-0.25, -0.2) is 9.59 Å². The lowest BCUT2D eigenvalue weighted by atomic mass is 9.83. The smallest absolute Gasteiger partial charge is 0.409 e. The van der Waals surface area contributed by atoms with E-state index in [1.54, 1.807) is 33.0 Å². The molecular weight excluding hydrogens is 1050 g/mol. The summed E-state index contributed by atoms with van der Waals surface area (Å²) in [4.78, 5) is 72.5. The van der Waals surface area contributed by atoms with Gasteiger partial charge < -0.3 is 63.4 Å². The number of amides is 3. The number of anilines is 1. The standard InChI is InChI=1S/C58H82ClN7O12S/c1-11-63(7)36-43-33-42-17-12-13-19-45(42)66(43)25-21-44(67)18-15-23-60-55(79)61-24-27-75-29-28-74-26-22-50(68)64(8)40(5)54(70)77-49-34-51(69)65(9)46-32-41(31-38(3)52(46)59)30-37(2)16-14-20-48(73-10)58(72)35-47(76-56(71)62-58)39(4)53-57(49,6)78-53/h12-14,16-17,19-20,31-33,39-40,47-49,53,72H,11,15,18,21-30,34-36H2,1-10H3,(H,62,71)(H2,60,61,79)/b20-14+,37-16+/t39-,40+,47+,48-,49+,53?,57+,58-/m1/s1. The molecule has 21 heteroatoms. The Morgan fingerprint density at radius 1 is 1.03 bits per heavy atom. The number of hydrogen-bond acceptors (Lipinski definition) is 14. The lowest BCUT2D eigenvalue weighted by Gasteiger charge is -2.42. The van der Waals surface area contributed by atoms with Crippen LogP contribution in [0.5, 0.6) is 0 Å². The molecule has 3 aliphatic heterocycles. The molecular formula is C58H82ClN7O12S. The summed E-state index contributed by atoms with van der Waals surface area (Å²) in [6.45, 7) is 15.4. The third kappa shape index (κ3) is 16.8. The van der Waals surface area contributed by atoms with Gasteiger partial charge in [-0.3, -0.25) is 19.7 Å². The number of alkyl carbamates (subject to hydrolysis) is 1. The first kappa shape index (κ1) is 62.7. The Bertz CT molecular complexity index is 2700. The molecule has 8 atom stereocenters. The maximum atomic E-state index is 14.3. The van der Waals surface area contributed by atoms with Crippen molar-refractivity contribution in [1.29, 1.82) is 0 Å². The fourth-order valence-corrected chi connectivity index (χ4v) is 10.6. The van der Waals surface area contributed by atoms with Crippen LogP contribution in [0, 0.1) is 12.8 Å². The predicted octanol–water partition coefficient (Wildman–Crippen LogP) is 6.55. The van der Waals surface area contributed by atoms with E-state index in [1.807, 2.05) is 44.2 Å². The molecule has 434 valence electrons. The minimum absolute atomic E-state index is 0.0218. The molecule has 19 nitrogen and oxygen atoms in total. The van der Waals surface area contributed by atoms with Crippen molar-refractivity contribution in [3.63, 3.8) is 0 Å². The van der Waals surface area contributed by atoms with Gasteiger partial charge in [0.2, 0.25) is 11.8 Å². The average molecular weight is 1140 g/mol. The van der Waals surface area contributed by atoms with E-state index in [0.717, 1.165) is 35.3 Å². The quantitative estimate of drug-likeness (QED) is 0.0343. The lowest BCUT2D eigenvalue weighted by Crippen LogP contribution is -2.63. The number of thiocarbonyl (C=S) groups is 1. The second-order valence-corrected chi connectivity index (χ2v) is 22.0. The molecule has 3 amide bonds. The van der Waals surface area contributed by atoms with Crippen LogP contribution in [0.4, 0.5) is 10.5 Å². The molecule has 2 saturated heterocycles. The highest BCUT2D eigenvalue weighted by atomic mass is 35.5. The van der Waals surface area contributed by atoms with Gasteiger partial charge in [-0.1, -0.05) is 73.5 Å². The Morgan fingerprint density at radius 3 is 2.48 bits per heavy atom. The summed E-state index contributed by atoms with van der Waals surface area (Å²) in [6.07, 6.45) is 2.49. The number of hydrogen-bond donors (Lipinski definition) is 4. The zero-order valence-corrected chi connectivity index (χ0v) is 49.1. The summed E-state index contributed by atoms with van der Waals surface area (Å²) in [7, 11) is 6.63. The maximum Gasteiger partial charge on any atom is 0.409 e. The van der Waals surface area contributed by atoms with Crippen LogP contribution in [-0.2, 0) is 67.1 Å². The Balaban J connectivity index is 0.934. The number of aromatic nitrogens is 1. The molecule has 79 heavy (non-hydrogen) atoms. The molecule has 2 fully saturated rings. The van der Waals surface area contributed by atoms with Crippen molar-refractivity contribution in [2.45, 2.75) is 141 Å². The van der Waals surface area contributed by atoms with E-state index in [2.05, 4.69) is 57.6 Å². The molecule has 3 aliphatic rings. The number of rotatable bonds is 23.